The summed E-state index contributed by atoms with van der Waals surface area (Å²) >= 11 is 7.08. The van der Waals surface area contributed by atoms with Crippen LogP contribution in [-0.4, -0.2) is 33.4 Å². The van der Waals surface area contributed by atoms with Gasteiger partial charge >= 0.3 is 0 Å². The molecule has 1 fully saturated rings. The number of nitrogens with zero attached hydrogens (tertiary/aromatic N) is 2. The monoisotopic (exact) mass is 338 g/mol. The van der Waals surface area contributed by atoms with Gasteiger partial charge in [-0.1, -0.05) is 23.4 Å². The maximum atomic E-state index is 11.9. The summed E-state index contributed by atoms with van der Waals surface area (Å²) < 4.78 is 5.53. The first-order valence-corrected chi connectivity index (χ1v) is 8.29. The van der Waals surface area contributed by atoms with E-state index < -0.39 is 0 Å². The molecule has 2 aromatic rings. The van der Waals surface area contributed by atoms with Gasteiger partial charge in [0.1, 0.15) is 6.10 Å². The molecule has 1 atom stereocenters. The smallest absolute Gasteiger partial charge is 0.234 e. The van der Waals surface area contributed by atoms with Crippen molar-refractivity contribution >= 4 is 35.0 Å². The number of hydrogen-bond acceptors (Lipinski definition) is 5. The molecule has 1 aliphatic rings. The van der Waals surface area contributed by atoms with Gasteiger partial charge in [-0.2, -0.15) is 0 Å². The second-order valence-corrected chi connectivity index (χ2v) is 6.23. The van der Waals surface area contributed by atoms with E-state index in [1.54, 1.807) is 24.3 Å². The Morgan fingerprint density at radius 1 is 1.45 bits per heavy atom. The van der Waals surface area contributed by atoms with Gasteiger partial charge in [0.15, 0.2) is 5.82 Å². The molecule has 2 heterocycles. The van der Waals surface area contributed by atoms with E-state index in [4.69, 9.17) is 16.3 Å². The third kappa shape index (κ3) is 4.00. The molecule has 8 heteroatoms. The lowest BCUT2D eigenvalue weighted by Crippen LogP contribution is -2.13. The summed E-state index contributed by atoms with van der Waals surface area (Å²) in [7, 11) is 0. The normalized spacial score (nSPS) is 17.6. The lowest BCUT2D eigenvalue weighted by molar-refractivity contribution is -0.113. The van der Waals surface area contributed by atoms with E-state index in [-0.39, 0.29) is 17.8 Å². The minimum atomic E-state index is -0.115. The summed E-state index contributed by atoms with van der Waals surface area (Å²) in [6, 6.07) is 6.97. The summed E-state index contributed by atoms with van der Waals surface area (Å²) in [5.74, 6) is 0.861. The molecule has 1 unspecified atom stereocenters. The Hall–Kier alpha value is -1.57. The molecule has 2 N–H and O–H groups in total. The van der Waals surface area contributed by atoms with Crippen molar-refractivity contribution in [3.63, 3.8) is 0 Å². The molecular formula is C14H15ClN4O2S. The molecule has 1 amide bonds. The van der Waals surface area contributed by atoms with Crippen LogP contribution in [0.5, 0.6) is 0 Å². The van der Waals surface area contributed by atoms with Crippen LogP contribution in [0.15, 0.2) is 29.4 Å². The van der Waals surface area contributed by atoms with E-state index in [9.17, 15) is 4.79 Å². The highest BCUT2D eigenvalue weighted by Crippen LogP contribution is 2.27. The summed E-state index contributed by atoms with van der Waals surface area (Å²) in [5.41, 5.74) is 0.713. The molecule has 0 spiro atoms. The van der Waals surface area contributed by atoms with Crippen molar-refractivity contribution in [2.24, 2.45) is 0 Å². The fourth-order valence-electron chi connectivity index (χ4n) is 2.12. The number of rotatable bonds is 5. The number of hydrogen-bond donors (Lipinski definition) is 2. The minimum absolute atomic E-state index is 0.00439. The zero-order valence-corrected chi connectivity index (χ0v) is 13.3. The molecule has 22 heavy (non-hydrogen) atoms. The average molecular weight is 339 g/mol. The van der Waals surface area contributed by atoms with Gasteiger partial charge < -0.3 is 10.1 Å². The topological polar surface area (TPSA) is 79.9 Å². The van der Waals surface area contributed by atoms with Crippen LogP contribution in [0.4, 0.5) is 5.69 Å². The molecule has 1 saturated heterocycles. The van der Waals surface area contributed by atoms with Gasteiger partial charge in [0.05, 0.1) is 5.75 Å². The highest BCUT2D eigenvalue weighted by Gasteiger charge is 2.21. The number of H-pyrrole nitrogens is 1. The molecule has 0 radical (unpaired) electrons. The molecule has 0 saturated carbocycles. The van der Waals surface area contributed by atoms with Crippen LogP contribution in [0.1, 0.15) is 24.8 Å². The number of carbonyl (C=O) groups is 1. The predicted molar refractivity (Wildman–Crippen MR) is 85.1 cm³/mol. The zero-order chi connectivity index (χ0) is 15.4. The van der Waals surface area contributed by atoms with Gasteiger partial charge in [-0.15, -0.1) is 5.10 Å². The Kier molecular flexibility index (Phi) is 4.97. The van der Waals surface area contributed by atoms with Crippen LogP contribution < -0.4 is 5.32 Å². The molecule has 3 rings (SSSR count). The number of halogens is 1. The van der Waals surface area contributed by atoms with E-state index in [0.29, 0.717) is 15.9 Å². The van der Waals surface area contributed by atoms with Crippen LogP contribution in [0.2, 0.25) is 5.02 Å². The van der Waals surface area contributed by atoms with Crippen molar-refractivity contribution in [1.29, 1.82) is 0 Å². The van der Waals surface area contributed by atoms with E-state index in [1.807, 2.05) is 0 Å². The van der Waals surface area contributed by atoms with E-state index in [2.05, 4.69) is 20.5 Å². The number of carbonyl (C=O) groups excluding carboxylic acids is 1. The van der Waals surface area contributed by atoms with Crippen molar-refractivity contribution in [3.8, 4) is 0 Å². The van der Waals surface area contributed by atoms with Crippen LogP contribution in [0.25, 0.3) is 0 Å². The molecule has 1 aliphatic heterocycles. The molecule has 1 aromatic heterocycles. The average Bonchev–Trinajstić information content (AvgIpc) is 3.18. The first-order valence-electron chi connectivity index (χ1n) is 6.93. The molecular weight excluding hydrogens is 324 g/mol. The quantitative estimate of drug-likeness (QED) is 0.819. The van der Waals surface area contributed by atoms with Crippen molar-refractivity contribution in [1.82, 2.24) is 15.2 Å². The second kappa shape index (κ2) is 7.13. The van der Waals surface area contributed by atoms with Crippen LogP contribution in [0, 0.1) is 0 Å². The second-order valence-electron chi connectivity index (χ2n) is 4.85. The van der Waals surface area contributed by atoms with Gasteiger partial charge in [0, 0.05) is 17.3 Å². The summed E-state index contributed by atoms with van der Waals surface area (Å²) in [6.45, 7) is 0.761. The number of benzene rings is 1. The molecule has 6 nitrogen and oxygen atoms in total. The Bertz CT molecular complexity index is 641. The number of ether oxygens (including phenoxy) is 1. The highest BCUT2D eigenvalue weighted by molar-refractivity contribution is 7.99. The number of aromatic amines is 1. The third-order valence-corrected chi connectivity index (χ3v) is 4.28. The van der Waals surface area contributed by atoms with E-state index >= 15 is 0 Å². The molecule has 0 bridgehead atoms. The first kappa shape index (κ1) is 15.3. The predicted octanol–water partition coefficient (Wildman–Crippen LogP) is 3.04. The summed E-state index contributed by atoms with van der Waals surface area (Å²) in [5, 5.41) is 11.0. The van der Waals surface area contributed by atoms with Gasteiger partial charge in [-0.3, -0.25) is 9.89 Å². The van der Waals surface area contributed by atoms with Crippen LogP contribution in [-0.2, 0) is 9.53 Å². The standard InChI is InChI=1S/C14H15ClN4O2S/c15-9-3-5-10(6-4-9)16-12(20)8-22-14-17-13(18-19-14)11-2-1-7-21-11/h3-6,11H,1-2,7-8H2,(H,16,20)(H,17,18,19). The van der Waals surface area contributed by atoms with Gasteiger partial charge in [0.2, 0.25) is 11.1 Å². The summed E-state index contributed by atoms with van der Waals surface area (Å²) in [6.07, 6.45) is 2.00. The minimum Gasteiger partial charge on any atom is -0.370 e. The maximum Gasteiger partial charge on any atom is 0.234 e. The van der Waals surface area contributed by atoms with Crippen molar-refractivity contribution in [2.75, 3.05) is 17.7 Å². The first-order chi connectivity index (χ1) is 10.7. The largest absolute Gasteiger partial charge is 0.370 e. The van der Waals surface area contributed by atoms with Crippen molar-refractivity contribution in [2.45, 2.75) is 24.1 Å². The zero-order valence-electron chi connectivity index (χ0n) is 11.7. The SMILES string of the molecule is O=C(CSc1n[nH]c(C2CCCO2)n1)Nc1ccc(Cl)cc1. The Balaban J connectivity index is 1.49. The Morgan fingerprint density at radius 2 is 2.27 bits per heavy atom. The molecule has 1 aromatic carbocycles. The maximum absolute atomic E-state index is 11.9. The number of aromatic nitrogens is 3. The molecule has 116 valence electrons. The van der Waals surface area contributed by atoms with Crippen molar-refractivity contribution < 1.29 is 9.53 Å². The number of nitrogens with one attached hydrogen (secondary N) is 2. The lowest BCUT2D eigenvalue weighted by Gasteiger charge is -2.04. The van der Waals surface area contributed by atoms with Crippen LogP contribution in [0.3, 0.4) is 0 Å². The Morgan fingerprint density at radius 3 is 3.00 bits per heavy atom. The summed E-state index contributed by atoms with van der Waals surface area (Å²) in [4.78, 5) is 16.2. The van der Waals surface area contributed by atoms with Crippen molar-refractivity contribution in [3.05, 3.63) is 35.1 Å². The number of amides is 1. The number of anilines is 1. The molecule has 0 aliphatic carbocycles. The Labute approximate surface area is 137 Å². The van der Waals surface area contributed by atoms with Crippen LogP contribution >= 0.6 is 23.4 Å². The highest BCUT2D eigenvalue weighted by atomic mass is 35.5. The van der Waals surface area contributed by atoms with Gasteiger partial charge in [-0.05, 0) is 37.1 Å². The van der Waals surface area contributed by atoms with E-state index in [1.165, 1.54) is 11.8 Å². The van der Waals surface area contributed by atoms with E-state index in [0.717, 1.165) is 25.3 Å². The third-order valence-electron chi connectivity index (χ3n) is 3.18. The fraction of sp³-hybridized carbons (Fsp3) is 0.357. The van der Waals surface area contributed by atoms with Gasteiger partial charge in [-0.25, -0.2) is 4.98 Å². The fourth-order valence-corrected chi connectivity index (χ4v) is 2.85. The number of thioether (sulfide) groups is 1. The van der Waals surface area contributed by atoms with Gasteiger partial charge in [0.25, 0.3) is 0 Å². The lowest BCUT2D eigenvalue weighted by atomic mass is 10.2.